The molecule has 0 aliphatic rings. The number of aromatic carboxylic acids is 1. The molecule has 0 saturated heterocycles. The normalized spacial score (nSPS) is 10.3. The van der Waals surface area contributed by atoms with E-state index in [1.807, 2.05) is 30.3 Å². The molecule has 0 spiro atoms. The summed E-state index contributed by atoms with van der Waals surface area (Å²) in [6, 6.07) is 12.9. The number of rotatable bonds is 3. The Balaban J connectivity index is 2.59. The molecule has 0 heterocycles. The van der Waals surface area contributed by atoms with E-state index in [1.54, 1.807) is 12.1 Å². The SMILES string of the molecule is O=C(O)c1ccccc1-c1ccc(CBr)cc1Br. The standard InChI is InChI=1S/C14H10Br2O2/c15-8-9-5-6-11(13(16)7-9)10-3-1-2-4-12(10)14(17)18/h1-7H,8H2,(H,17,18). The third-order valence-corrected chi connectivity index (χ3v) is 3.94. The highest BCUT2D eigenvalue weighted by molar-refractivity contribution is 9.10. The highest BCUT2D eigenvalue weighted by Gasteiger charge is 2.13. The van der Waals surface area contributed by atoms with Crippen molar-refractivity contribution in [2.24, 2.45) is 0 Å². The molecule has 0 aliphatic carbocycles. The quantitative estimate of drug-likeness (QED) is 0.795. The average Bonchev–Trinajstić information content (AvgIpc) is 2.38. The summed E-state index contributed by atoms with van der Waals surface area (Å²) >= 11 is 6.89. The highest BCUT2D eigenvalue weighted by atomic mass is 79.9. The Bertz CT molecular complexity index is 594. The molecule has 4 heteroatoms. The van der Waals surface area contributed by atoms with Crippen LogP contribution >= 0.6 is 31.9 Å². The maximum absolute atomic E-state index is 11.2. The molecule has 2 rings (SSSR count). The molecule has 0 saturated carbocycles. The number of carboxylic acids is 1. The summed E-state index contributed by atoms with van der Waals surface area (Å²) in [7, 11) is 0. The van der Waals surface area contributed by atoms with Crippen LogP contribution in [0.4, 0.5) is 0 Å². The molecule has 2 aromatic rings. The third-order valence-electron chi connectivity index (χ3n) is 2.64. The topological polar surface area (TPSA) is 37.3 Å². The van der Waals surface area contributed by atoms with Crippen LogP contribution in [0, 0.1) is 0 Å². The summed E-state index contributed by atoms with van der Waals surface area (Å²) < 4.78 is 0.896. The zero-order valence-corrected chi connectivity index (χ0v) is 12.5. The second kappa shape index (κ2) is 5.67. The van der Waals surface area contributed by atoms with Gasteiger partial charge in [-0.05, 0) is 28.8 Å². The van der Waals surface area contributed by atoms with Crippen LogP contribution in [0.3, 0.4) is 0 Å². The third kappa shape index (κ3) is 2.65. The van der Waals surface area contributed by atoms with Crippen LogP contribution in [-0.4, -0.2) is 11.1 Å². The van der Waals surface area contributed by atoms with E-state index in [0.717, 1.165) is 26.5 Å². The van der Waals surface area contributed by atoms with Crippen LogP contribution in [0.5, 0.6) is 0 Å². The number of carboxylic acid groups (broad SMARTS) is 1. The molecule has 0 fully saturated rings. The van der Waals surface area contributed by atoms with Gasteiger partial charge in [-0.2, -0.15) is 0 Å². The van der Waals surface area contributed by atoms with Gasteiger partial charge in [-0.15, -0.1) is 0 Å². The summed E-state index contributed by atoms with van der Waals surface area (Å²) in [4.78, 5) is 11.2. The summed E-state index contributed by atoms with van der Waals surface area (Å²) in [5.41, 5.74) is 3.05. The van der Waals surface area contributed by atoms with Crippen molar-refractivity contribution >= 4 is 37.8 Å². The minimum atomic E-state index is -0.915. The van der Waals surface area contributed by atoms with Gasteiger partial charge in [0.15, 0.2) is 0 Å². The van der Waals surface area contributed by atoms with Crippen LogP contribution in [0.15, 0.2) is 46.9 Å². The fourth-order valence-corrected chi connectivity index (χ4v) is 2.75. The Hall–Kier alpha value is -1.13. The fraction of sp³-hybridized carbons (Fsp3) is 0.0714. The average molecular weight is 370 g/mol. The first-order valence-corrected chi connectivity index (χ1v) is 7.22. The van der Waals surface area contributed by atoms with Gasteiger partial charge in [-0.1, -0.05) is 62.2 Å². The van der Waals surface area contributed by atoms with Crippen molar-refractivity contribution in [1.82, 2.24) is 0 Å². The van der Waals surface area contributed by atoms with Gasteiger partial charge in [-0.3, -0.25) is 0 Å². The summed E-state index contributed by atoms with van der Waals surface area (Å²) in [6.07, 6.45) is 0. The smallest absolute Gasteiger partial charge is 0.336 e. The Morgan fingerprint density at radius 2 is 1.83 bits per heavy atom. The predicted molar refractivity (Wildman–Crippen MR) is 79.2 cm³/mol. The molecule has 0 bridgehead atoms. The molecule has 0 unspecified atom stereocenters. The maximum atomic E-state index is 11.2. The lowest BCUT2D eigenvalue weighted by Crippen LogP contribution is -1.99. The number of hydrogen-bond donors (Lipinski definition) is 1. The maximum Gasteiger partial charge on any atom is 0.336 e. The van der Waals surface area contributed by atoms with E-state index >= 15 is 0 Å². The Morgan fingerprint density at radius 3 is 2.44 bits per heavy atom. The van der Waals surface area contributed by atoms with E-state index in [0.29, 0.717) is 5.56 Å². The lowest BCUT2D eigenvalue weighted by atomic mass is 9.99. The number of halogens is 2. The van der Waals surface area contributed by atoms with Gasteiger partial charge < -0.3 is 5.11 Å². The van der Waals surface area contributed by atoms with Gasteiger partial charge in [-0.25, -0.2) is 4.79 Å². The van der Waals surface area contributed by atoms with Crippen LogP contribution < -0.4 is 0 Å². The number of benzene rings is 2. The van der Waals surface area contributed by atoms with E-state index < -0.39 is 5.97 Å². The first kappa shape index (κ1) is 13.3. The predicted octanol–water partition coefficient (Wildman–Crippen LogP) is 4.71. The molecule has 0 aromatic heterocycles. The molecular weight excluding hydrogens is 360 g/mol. The molecule has 1 N–H and O–H groups in total. The zero-order valence-electron chi connectivity index (χ0n) is 9.36. The van der Waals surface area contributed by atoms with E-state index in [-0.39, 0.29) is 0 Å². The highest BCUT2D eigenvalue weighted by Crippen LogP contribution is 2.32. The molecule has 0 atom stereocenters. The second-order valence-electron chi connectivity index (χ2n) is 3.80. The number of alkyl halides is 1. The summed E-state index contributed by atoms with van der Waals surface area (Å²) in [5.74, 6) is -0.915. The summed E-state index contributed by atoms with van der Waals surface area (Å²) in [6.45, 7) is 0. The molecule has 0 radical (unpaired) electrons. The second-order valence-corrected chi connectivity index (χ2v) is 5.21. The molecule has 2 nitrogen and oxygen atoms in total. The van der Waals surface area contributed by atoms with Gasteiger partial charge in [0.05, 0.1) is 5.56 Å². The van der Waals surface area contributed by atoms with Crippen molar-refractivity contribution in [1.29, 1.82) is 0 Å². The zero-order chi connectivity index (χ0) is 13.1. The van der Waals surface area contributed by atoms with Crippen LogP contribution in [0.2, 0.25) is 0 Å². The monoisotopic (exact) mass is 368 g/mol. The van der Waals surface area contributed by atoms with Crippen LogP contribution in [0.25, 0.3) is 11.1 Å². The number of carbonyl (C=O) groups is 1. The minimum Gasteiger partial charge on any atom is -0.478 e. The first-order chi connectivity index (χ1) is 8.63. The lowest BCUT2D eigenvalue weighted by molar-refractivity contribution is 0.0697. The van der Waals surface area contributed by atoms with E-state index in [9.17, 15) is 9.90 Å². The Kier molecular flexibility index (Phi) is 4.19. The van der Waals surface area contributed by atoms with Gasteiger partial charge in [0.25, 0.3) is 0 Å². The van der Waals surface area contributed by atoms with E-state index in [4.69, 9.17) is 0 Å². The van der Waals surface area contributed by atoms with Gasteiger partial charge >= 0.3 is 5.97 Å². The molecule has 0 aliphatic heterocycles. The Labute approximate surface area is 122 Å². The lowest BCUT2D eigenvalue weighted by Gasteiger charge is -2.09. The van der Waals surface area contributed by atoms with E-state index in [1.165, 1.54) is 0 Å². The van der Waals surface area contributed by atoms with Crippen molar-refractivity contribution in [3.8, 4) is 11.1 Å². The molecular formula is C14H10Br2O2. The largest absolute Gasteiger partial charge is 0.478 e. The molecule has 2 aromatic carbocycles. The fourth-order valence-electron chi connectivity index (χ4n) is 1.76. The van der Waals surface area contributed by atoms with Gasteiger partial charge in [0, 0.05) is 9.80 Å². The minimum absolute atomic E-state index is 0.310. The van der Waals surface area contributed by atoms with Crippen LogP contribution in [-0.2, 0) is 5.33 Å². The van der Waals surface area contributed by atoms with Crippen molar-refractivity contribution in [2.45, 2.75) is 5.33 Å². The molecule has 92 valence electrons. The van der Waals surface area contributed by atoms with Gasteiger partial charge in [0.1, 0.15) is 0 Å². The number of hydrogen-bond acceptors (Lipinski definition) is 1. The summed E-state index contributed by atoms with van der Waals surface area (Å²) in [5, 5.41) is 9.97. The van der Waals surface area contributed by atoms with Gasteiger partial charge in [0.2, 0.25) is 0 Å². The molecule has 18 heavy (non-hydrogen) atoms. The Morgan fingerprint density at radius 1 is 1.11 bits per heavy atom. The van der Waals surface area contributed by atoms with Crippen molar-refractivity contribution < 1.29 is 9.90 Å². The first-order valence-electron chi connectivity index (χ1n) is 5.30. The van der Waals surface area contributed by atoms with Crippen molar-refractivity contribution in [3.05, 3.63) is 58.1 Å². The molecule has 0 amide bonds. The van der Waals surface area contributed by atoms with Crippen LogP contribution in [0.1, 0.15) is 15.9 Å². The van der Waals surface area contributed by atoms with Crippen molar-refractivity contribution in [2.75, 3.05) is 0 Å². The van der Waals surface area contributed by atoms with E-state index in [2.05, 4.69) is 31.9 Å². The van der Waals surface area contributed by atoms with Crippen molar-refractivity contribution in [3.63, 3.8) is 0 Å².